The SMILES string of the molecule is CC(C)(C)[Si](C)(C)OCC1(NC(=O)OCc2ccccc2)CCNC1=O. The van der Waals surface area contributed by atoms with Crippen LogP contribution in [0.25, 0.3) is 0 Å². The number of ether oxygens (including phenoxy) is 1. The molecule has 6 nitrogen and oxygen atoms in total. The van der Waals surface area contributed by atoms with Gasteiger partial charge < -0.3 is 19.8 Å². The van der Waals surface area contributed by atoms with Gasteiger partial charge in [0.05, 0.1) is 6.61 Å². The third kappa shape index (κ3) is 4.85. The second kappa shape index (κ2) is 7.80. The summed E-state index contributed by atoms with van der Waals surface area (Å²) in [6.45, 7) is 11.5. The summed E-state index contributed by atoms with van der Waals surface area (Å²) in [6.07, 6.45) is -0.120. The molecule has 2 amide bonds. The van der Waals surface area contributed by atoms with Crippen LogP contribution in [0.15, 0.2) is 30.3 Å². The van der Waals surface area contributed by atoms with E-state index < -0.39 is 19.9 Å². The summed E-state index contributed by atoms with van der Waals surface area (Å²) >= 11 is 0. The van der Waals surface area contributed by atoms with Crippen LogP contribution in [-0.4, -0.2) is 39.0 Å². The minimum Gasteiger partial charge on any atom is -0.445 e. The van der Waals surface area contributed by atoms with Gasteiger partial charge in [-0.1, -0.05) is 51.1 Å². The molecule has 2 N–H and O–H groups in total. The van der Waals surface area contributed by atoms with E-state index in [0.717, 1.165) is 5.56 Å². The van der Waals surface area contributed by atoms with E-state index in [1.807, 2.05) is 30.3 Å². The summed E-state index contributed by atoms with van der Waals surface area (Å²) in [5.74, 6) is -0.215. The van der Waals surface area contributed by atoms with Crippen LogP contribution in [0.4, 0.5) is 4.79 Å². The highest BCUT2D eigenvalue weighted by atomic mass is 28.4. The van der Waals surface area contributed by atoms with Crippen LogP contribution in [0.3, 0.4) is 0 Å². The molecule has 0 aliphatic carbocycles. The zero-order valence-electron chi connectivity index (χ0n) is 16.3. The molecule has 1 aromatic carbocycles. The number of carbonyl (C=O) groups is 2. The van der Waals surface area contributed by atoms with Gasteiger partial charge in [-0.3, -0.25) is 4.79 Å². The summed E-state index contributed by atoms with van der Waals surface area (Å²) in [7, 11) is -2.04. The van der Waals surface area contributed by atoms with Crippen molar-refractivity contribution in [2.45, 2.75) is 57.5 Å². The molecular formula is C19H30N2O4Si. The molecule has 1 aliphatic heterocycles. The Morgan fingerprint density at radius 2 is 1.92 bits per heavy atom. The molecule has 1 heterocycles. The molecule has 2 rings (SSSR count). The Morgan fingerprint density at radius 1 is 1.27 bits per heavy atom. The van der Waals surface area contributed by atoms with Gasteiger partial charge >= 0.3 is 6.09 Å². The lowest BCUT2D eigenvalue weighted by Crippen LogP contribution is -2.59. The number of hydrogen-bond acceptors (Lipinski definition) is 4. The van der Waals surface area contributed by atoms with Gasteiger partial charge in [-0.25, -0.2) is 4.79 Å². The van der Waals surface area contributed by atoms with E-state index in [4.69, 9.17) is 9.16 Å². The zero-order chi connectivity index (χ0) is 19.4. The van der Waals surface area contributed by atoms with Crippen molar-refractivity contribution >= 4 is 20.3 Å². The second-order valence-corrected chi connectivity index (χ2v) is 13.1. The lowest BCUT2D eigenvalue weighted by molar-refractivity contribution is -0.125. The summed E-state index contributed by atoms with van der Waals surface area (Å²) in [6, 6.07) is 9.43. The van der Waals surface area contributed by atoms with E-state index in [2.05, 4.69) is 44.5 Å². The molecule has 1 fully saturated rings. The third-order valence-electron chi connectivity index (χ3n) is 5.31. The number of hydrogen-bond donors (Lipinski definition) is 2. The van der Waals surface area contributed by atoms with E-state index in [9.17, 15) is 9.59 Å². The highest BCUT2D eigenvalue weighted by Gasteiger charge is 2.47. The molecule has 0 aromatic heterocycles. The van der Waals surface area contributed by atoms with Crippen molar-refractivity contribution in [1.29, 1.82) is 0 Å². The first-order chi connectivity index (χ1) is 12.1. The third-order valence-corrected chi connectivity index (χ3v) is 9.79. The van der Waals surface area contributed by atoms with Crippen LogP contribution in [-0.2, 0) is 20.6 Å². The van der Waals surface area contributed by atoms with Crippen LogP contribution in [0.5, 0.6) is 0 Å². The highest BCUT2D eigenvalue weighted by molar-refractivity contribution is 6.74. The number of nitrogens with one attached hydrogen (secondary N) is 2. The predicted molar refractivity (Wildman–Crippen MR) is 103 cm³/mol. The summed E-state index contributed by atoms with van der Waals surface area (Å²) in [5.41, 5.74) is -0.173. The normalized spacial score (nSPS) is 20.6. The van der Waals surface area contributed by atoms with Gasteiger partial charge in [-0.05, 0) is 30.1 Å². The smallest absolute Gasteiger partial charge is 0.408 e. The first-order valence-corrected chi connectivity index (χ1v) is 11.9. The Bertz CT molecular complexity index is 643. The van der Waals surface area contributed by atoms with Crippen molar-refractivity contribution < 1.29 is 18.8 Å². The van der Waals surface area contributed by atoms with Crippen molar-refractivity contribution in [3.63, 3.8) is 0 Å². The Labute approximate surface area is 156 Å². The summed E-state index contributed by atoms with van der Waals surface area (Å²) in [4.78, 5) is 24.7. The lowest BCUT2D eigenvalue weighted by Gasteiger charge is -2.39. The van der Waals surface area contributed by atoms with E-state index in [1.54, 1.807) is 0 Å². The first-order valence-electron chi connectivity index (χ1n) is 8.97. The lowest BCUT2D eigenvalue weighted by atomic mass is 9.99. The van der Waals surface area contributed by atoms with Gasteiger partial charge in [-0.2, -0.15) is 0 Å². The van der Waals surface area contributed by atoms with Gasteiger partial charge in [0.2, 0.25) is 5.91 Å². The number of alkyl carbamates (subject to hydrolysis) is 1. The molecular weight excluding hydrogens is 348 g/mol. The van der Waals surface area contributed by atoms with Crippen molar-refractivity contribution in [2.75, 3.05) is 13.2 Å². The molecule has 0 radical (unpaired) electrons. The van der Waals surface area contributed by atoms with Crippen molar-refractivity contribution in [1.82, 2.24) is 10.6 Å². The predicted octanol–water partition coefficient (Wildman–Crippen LogP) is 3.19. The molecule has 0 spiro atoms. The molecule has 26 heavy (non-hydrogen) atoms. The maximum atomic E-state index is 12.4. The summed E-state index contributed by atoms with van der Waals surface area (Å²) in [5, 5.41) is 5.58. The zero-order valence-corrected chi connectivity index (χ0v) is 17.3. The standard InChI is InChI=1S/C19H30N2O4Si/c1-18(2,3)26(4,5)25-14-19(11-12-20-16(19)22)21-17(23)24-13-15-9-7-6-8-10-15/h6-10H,11-14H2,1-5H3,(H,20,22)(H,21,23). The molecule has 7 heteroatoms. The topological polar surface area (TPSA) is 76.7 Å². The fourth-order valence-corrected chi connectivity index (χ4v) is 3.48. The fourth-order valence-electron chi connectivity index (χ4n) is 2.44. The monoisotopic (exact) mass is 378 g/mol. The van der Waals surface area contributed by atoms with Crippen LogP contribution in [0.2, 0.25) is 18.1 Å². The Balaban J connectivity index is 2.00. The van der Waals surface area contributed by atoms with Crippen LogP contribution >= 0.6 is 0 Å². The minimum atomic E-state index is -2.04. The number of benzene rings is 1. The van der Waals surface area contributed by atoms with Crippen molar-refractivity contribution in [2.24, 2.45) is 0 Å². The van der Waals surface area contributed by atoms with Crippen LogP contribution < -0.4 is 10.6 Å². The van der Waals surface area contributed by atoms with Gasteiger partial charge in [0.25, 0.3) is 0 Å². The maximum Gasteiger partial charge on any atom is 0.408 e. The van der Waals surface area contributed by atoms with Crippen LogP contribution in [0.1, 0.15) is 32.8 Å². The maximum absolute atomic E-state index is 12.4. The van der Waals surface area contributed by atoms with E-state index >= 15 is 0 Å². The average molecular weight is 379 g/mol. The average Bonchev–Trinajstić information content (AvgIpc) is 2.92. The molecule has 0 saturated carbocycles. The van der Waals surface area contributed by atoms with Gasteiger partial charge in [-0.15, -0.1) is 0 Å². The molecule has 144 valence electrons. The quantitative estimate of drug-likeness (QED) is 0.745. The van der Waals surface area contributed by atoms with Crippen molar-refractivity contribution in [3.05, 3.63) is 35.9 Å². The largest absolute Gasteiger partial charge is 0.445 e. The molecule has 1 saturated heterocycles. The Hall–Kier alpha value is -1.86. The number of amides is 2. The van der Waals surface area contributed by atoms with Crippen molar-refractivity contribution in [3.8, 4) is 0 Å². The number of carbonyl (C=O) groups excluding carboxylic acids is 2. The molecule has 0 bridgehead atoms. The van der Waals surface area contributed by atoms with E-state index in [1.165, 1.54) is 0 Å². The first kappa shape index (κ1) is 20.4. The minimum absolute atomic E-state index is 0.0249. The van der Waals surface area contributed by atoms with E-state index in [-0.39, 0.29) is 24.2 Å². The Morgan fingerprint density at radius 3 is 2.46 bits per heavy atom. The number of rotatable bonds is 6. The van der Waals surface area contributed by atoms with Gasteiger partial charge in [0.1, 0.15) is 12.1 Å². The summed E-state index contributed by atoms with van der Waals surface area (Å²) < 4.78 is 11.5. The molecule has 1 atom stereocenters. The van der Waals surface area contributed by atoms with Gasteiger partial charge in [0.15, 0.2) is 8.32 Å². The second-order valence-electron chi connectivity index (χ2n) is 8.32. The molecule has 1 aromatic rings. The van der Waals surface area contributed by atoms with E-state index in [0.29, 0.717) is 13.0 Å². The molecule has 1 aliphatic rings. The fraction of sp³-hybridized carbons (Fsp3) is 0.579. The highest BCUT2D eigenvalue weighted by Crippen LogP contribution is 2.37. The Kier molecular flexibility index (Phi) is 6.13. The molecule has 1 unspecified atom stereocenters. The van der Waals surface area contributed by atoms with Crippen LogP contribution in [0, 0.1) is 0 Å². The van der Waals surface area contributed by atoms with Gasteiger partial charge in [0, 0.05) is 6.54 Å².